The number of pyridine rings is 1. The van der Waals surface area contributed by atoms with Gasteiger partial charge in [0.2, 0.25) is 15.6 Å². The molecular formula is C24H27N3O4S. The summed E-state index contributed by atoms with van der Waals surface area (Å²) in [5.74, 6) is -0.429. The van der Waals surface area contributed by atoms with Gasteiger partial charge in [-0.25, -0.2) is 8.42 Å². The molecule has 1 atom stereocenters. The quantitative estimate of drug-likeness (QED) is 0.617. The molecule has 7 nitrogen and oxygen atoms in total. The number of aromatic nitrogens is 1. The normalized spacial score (nSPS) is 16.4. The van der Waals surface area contributed by atoms with Gasteiger partial charge in [-0.1, -0.05) is 43.2 Å². The second-order valence-electron chi connectivity index (χ2n) is 8.18. The van der Waals surface area contributed by atoms with Gasteiger partial charge in [-0.2, -0.15) is 4.31 Å². The first kappa shape index (κ1) is 22.2. The molecule has 1 aliphatic heterocycles. The standard InChI is InChI=1S/C24H27N3O4S/c1-17(18-9-5-4-6-10-18)25-24(29)21-16-23(28)26-22-12-11-19(15-20(21)22)32(30,31)27-13-7-2-3-8-14-27/h4-6,9-12,15-17H,2-3,7-8,13-14H2,1H3,(H,25,29)(H,26,28)/t17-/m1/s1. The first-order valence-corrected chi connectivity index (χ1v) is 12.3. The molecule has 3 aromatic rings. The van der Waals surface area contributed by atoms with Gasteiger partial charge in [0.25, 0.3) is 5.91 Å². The van der Waals surface area contributed by atoms with Gasteiger partial charge in [-0.3, -0.25) is 9.59 Å². The SMILES string of the molecule is C[C@@H](NC(=O)c1cc(=O)[nH]c2ccc(S(=O)(=O)N3CCCCCC3)cc12)c1ccccc1. The Balaban J connectivity index is 1.71. The van der Waals surface area contributed by atoms with Crippen molar-refractivity contribution in [3.63, 3.8) is 0 Å². The maximum absolute atomic E-state index is 13.2. The van der Waals surface area contributed by atoms with Crippen molar-refractivity contribution in [1.82, 2.24) is 14.6 Å². The molecule has 1 aromatic heterocycles. The fourth-order valence-corrected chi connectivity index (χ4v) is 5.66. The summed E-state index contributed by atoms with van der Waals surface area (Å²) in [5, 5.41) is 3.31. The number of aromatic amines is 1. The first-order valence-electron chi connectivity index (χ1n) is 10.9. The van der Waals surface area contributed by atoms with Crippen LogP contribution < -0.4 is 10.9 Å². The van der Waals surface area contributed by atoms with Crippen molar-refractivity contribution in [2.24, 2.45) is 0 Å². The molecule has 0 spiro atoms. The van der Waals surface area contributed by atoms with Gasteiger partial charge in [0, 0.05) is 30.1 Å². The third kappa shape index (κ3) is 4.61. The number of carbonyl (C=O) groups is 1. The predicted molar refractivity (Wildman–Crippen MR) is 124 cm³/mol. The van der Waals surface area contributed by atoms with Crippen LogP contribution in [0.2, 0.25) is 0 Å². The summed E-state index contributed by atoms with van der Waals surface area (Å²) >= 11 is 0. The Morgan fingerprint density at radius 3 is 2.38 bits per heavy atom. The molecule has 8 heteroatoms. The highest BCUT2D eigenvalue weighted by molar-refractivity contribution is 7.89. The molecule has 0 radical (unpaired) electrons. The largest absolute Gasteiger partial charge is 0.345 e. The Bertz CT molecular complexity index is 1280. The minimum Gasteiger partial charge on any atom is -0.345 e. The van der Waals surface area contributed by atoms with E-state index in [-0.39, 0.29) is 16.5 Å². The number of benzene rings is 2. The molecule has 1 fully saturated rings. The van der Waals surface area contributed by atoms with Gasteiger partial charge in [-0.15, -0.1) is 0 Å². The van der Waals surface area contributed by atoms with Crippen molar-refractivity contribution >= 4 is 26.8 Å². The fourth-order valence-electron chi connectivity index (χ4n) is 4.11. The number of H-pyrrole nitrogens is 1. The van der Waals surface area contributed by atoms with Gasteiger partial charge in [0.1, 0.15) is 0 Å². The lowest BCUT2D eigenvalue weighted by atomic mass is 10.1. The third-order valence-corrected chi connectivity index (χ3v) is 7.80. The number of nitrogens with zero attached hydrogens (tertiary/aromatic N) is 1. The third-order valence-electron chi connectivity index (χ3n) is 5.91. The average molecular weight is 454 g/mol. The topological polar surface area (TPSA) is 99.3 Å². The molecule has 0 aliphatic carbocycles. The van der Waals surface area contributed by atoms with Crippen molar-refractivity contribution in [2.45, 2.75) is 43.5 Å². The minimum atomic E-state index is -3.69. The van der Waals surface area contributed by atoms with Crippen molar-refractivity contribution in [3.8, 4) is 0 Å². The maximum atomic E-state index is 13.2. The van der Waals surface area contributed by atoms with Crippen molar-refractivity contribution in [2.75, 3.05) is 13.1 Å². The maximum Gasteiger partial charge on any atom is 0.252 e. The van der Waals surface area contributed by atoms with E-state index < -0.39 is 21.5 Å². The van der Waals surface area contributed by atoms with E-state index in [2.05, 4.69) is 10.3 Å². The molecule has 32 heavy (non-hydrogen) atoms. The highest BCUT2D eigenvalue weighted by Crippen LogP contribution is 2.25. The van der Waals surface area contributed by atoms with E-state index in [0.29, 0.717) is 24.0 Å². The Hall–Kier alpha value is -2.97. The van der Waals surface area contributed by atoms with Crippen molar-refractivity contribution in [1.29, 1.82) is 0 Å². The van der Waals surface area contributed by atoms with E-state index in [9.17, 15) is 18.0 Å². The number of carbonyl (C=O) groups excluding carboxylic acids is 1. The second-order valence-corrected chi connectivity index (χ2v) is 10.1. The Morgan fingerprint density at radius 1 is 1.00 bits per heavy atom. The number of rotatable bonds is 5. The number of nitrogens with one attached hydrogen (secondary N) is 2. The summed E-state index contributed by atoms with van der Waals surface area (Å²) in [6, 6.07) is 15.0. The zero-order valence-corrected chi connectivity index (χ0v) is 18.8. The number of sulfonamides is 1. The molecule has 1 amide bonds. The van der Waals surface area contributed by atoms with E-state index in [4.69, 9.17) is 0 Å². The second kappa shape index (κ2) is 9.26. The number of hydrogen-bond acceptors (Lipinski definition) is 4. The number of fused-ring (bicyclic) bond motifs is 1. The number of hydrogen-bond donors (Lipinski definition) is 2. The van der Waals surface area contributed by atoms with Crippen molar-refractivity contribution in [3.05, 3.63) is 76.1 Å². The Kier molecular flexibility index (Phi) is 6.43. The van der Waals surface area contributed by atoms with Crippen LogP contribution in [-0.2, 0) is 10.0 Å². The minimum absolute atomic E-state index is 0.129. The summed E-state index contributed by atoms with van der Waals surface area (Å²) in [4.78, 5) is 28.1. The highest BCUT2D eigenvalue weighted by Gasteiger charge is 2.26. The van der Waals surface area contributed by atoms with Crippen LogP contribution in [0.5, 0.6) is 0 Å². The summed E-state index contributed by atoms with van der Waals surface area (Å²) < 4.78 is 28.0. The van der Waals surface area contributed by atoms with Crippen LogP contribution in [0.4, 0.5) is 0 Å². The molecule has 168 valence electrons. The summed E-state index contributed by atoms with van der Waals surface area (Å²) in [6.45, 7) is 2.85. The van der Waals surface area contributed by atoms with Crippen LogP contribution in [0, 0.1) is 0 Å². The highest BCUT2D eigenvalue weighted by atomic mass is 32.2. The first-order chi connectivity index (χ1) is 15.4. The van der Waals surface area contributed by atoms with Gasteiger partial charge in [0.15, 0.2) is 0 Å². The van der Waals surface area contributed by atoms with Crippen LogP contribution in [0.3, 0.4) is 0 Å². The van der Waals surface area contributed by atoms with Gasteiger partial charge in [-0.05, 0) is 43.5 Å². The van der Waals surface area contributed by atoms with Gasteiger partial charge >= 0.3 is 0 Å². The molecule has 0 saturated carbocycles. The van der Waals surface area contributed by atoms with Crippen LogP contribution in [-0.4, -0.2) is 36.7 Å². The monoisotopic (exact) mass is 453 g/mol. The zero-order chi connectivity index (χ0) is 22.7. The van der Waals surface area contributed by atoms with Crippen LogP contribution in [0.25, 0.3) is 10.9 Å². The van der Waals surface area contributed by atoms with E-state index in [1.165, 1.54) is 22.5 Å². The number of amides is 1. The van der Waals surface area contributed by atoms with Crippen LogP contribution in [0.15, 0.2) is 64.3 Å². The van der Waals surface area contributed by atoms with Crippen molar-refractivity contribution < 1.29 is 13.2 Å². The predicted octanol–water partition coefficient (Wildman–Crippen LogP) is 3.58. The summed E-state index contributed by atoms with van der Waals surface area (Å²) in [5.41, 5.74) is 1.09. The van der Waals surface area contributed by atoms with Crippen LogP contribution >= 0.6 is 0 Å². The van der Waals surface area contributed by atoms with E-state index >= 15 is 0 Å². The van der Waals surface area contributed by atoms with Gasteiger partial charge < -0.3 is 10.3 Å². The molecule has 0 bridgehead atoms. The lowest BCUT2D eigenvalue weighted by molar-refractivity contribution is 0.0941. The lowest BCUT2D eigenvalue weighted by Gasteiger charge is -2.20. The van der Waals surface area contributed by atoms with E-state index in [1.54, 1.807) is 6.07 Å². The molecule has 1 aliphatic rings. The fraction of sp³-hybridized carbons (Fsp3) is 0.333. The smallest absolute Gasteiger partial charge is 0.252 e. The molecule has 4 rings (SSSR count). The molecule has 2 aromatic carbocycles. The Labute approximate surface area is 187 Å². The summed E-state index contributed by atoms with van der Waals surface area (Å²) in [7, 11) is -3.69. The zero-order valence-electron chi connectivity index (χ0n) is 18.0. The van der Waals surface area contributed by atoms with Gasteiger partial charge in [0.05, 0.1) is 16.5 Å². The van der Waals surface area contributed by atoms with Crippen LogP contribution in [0.1, 0.15) is 54.6 Å². The van der Waals surface area contributed by atoms with E-state index in [0.717, 1.165) is 31.2 Å². The summed E-state index contributed by atoms with van der Waals surface area (Å²) in [6.07, 6.45) is 3.72. The molecule has 0 unspecified atom stereocenters. The molecule has 2 heterocycles. The van der Waals surface area contributed by atoms with E-state index in [1.807, 2.05) is 37.3 Å². The molecular weight excluding hydrogens is 426 g/mol. The average Bonchev–Trinajstić information content (AvgIpc) is 3.09. The molecule has 2 N–H and O–H groups in total. The molecule has 1 saturated heterocycles. The lowest BCUT2D eigenvalue weighted by Crippen LogP contribution is -2.32. The Morgan fingerprint density at radius 2 is 1.69 bits per heavy atom.